The molecule has 102 valence electrons. The summed E-state index contributed by atoms with van der Waals surface area (Å²) < 4.78 is 4.86. The normalized spacial score (nSPS) is 25.9. The molecule has 2 unspecified atom stereocenters. The SMILES string of the molecule is COCCC(NC(=O)C1CC12CCCC2)C(=O)O. The van der Waals surface area contributed by atoms with E-state index in [0.717, 1.165) is 19.3 Å². The number of carbonyl (C=O) groups excluding carboxylic acids is 1. The molecule has 2 atom stereocenters. The molecule has 2 fully saturated rings. The van der Waals surface area contributed by atoms with Gasteiger partial charge in [-0.2, -0.15) is 0 Å². The lowest BCUT2D eigenvalue weighted by atomic mass is 10.0. The van der Waals surface area contributed by atoms with Crippen LogP contribution >= 0.6 is 0 Å². The maximum absolute atomic E-state index is 12.0. The summed E-state index contributed by atoms with van der Waals surface area (Å²) in [5.74, 6) is -1.02. The van der Waals surface area contributed by atoms with Crippen molar-refractivity contribution in [1.29, 1.82) is 0 Å². The molecule has 1 spiro atoms. The third-order valence-electron chi connectivity index (χ3n) is 4.33. The van der Waals surface area contributed by atoms with Crippen molar-refractivity contribution in [3.63, 3.8) is 0 Å². The van der Waals surface area contributed by atoms with E-state index in [-0.39, 0.29) is 17.2 Å². The maximum atomic E-state index is 12.0. The van der Waals surface area contributed by atoms with Gasteiger partial charge in [-0.25, -0.2) is 4.79 Å². The Kier molecular flexibility index (Phi) is 3.90. The van der Waals surface area contributed by atoms with Gasteiger partial charge in [0.05, 0.1) is 0 Å². The summed E-state index contributed by atoms with van der Waals surface area (Å²) in [7, 11) is 1.52. The van der Waals surface area contributed by atoms with Crippen molar-refractivity contribution in [3.8, 4) is 0 Å². The Morgan fingerprint density at radius 2 is 2.11 bits per heavy atom. The molecule has 2 saturated carbocycles. The van der Waals surface area contributed by atoms with E-state index in [1.165, 1.54) is 20.0 Å². The molecule has 0 aliphatic heterocycles. The first-order valence-electron chi connectivity index (χ1n) is 6.61. The fourth-order valence-electron chi connectivity index (χ4n) is 3.12. The number of hydrogen-bond acceptors (Lipinski definition) is 3. The Balaban J connectivity index is 1.84. The van der Waals surface area contributed by atoms with Crippen LogP contribution in [0.1, 0.15) is 38.5 Å². The topological polar surface area (TPSA) is 75.6 Å². The van der Waals surface area contributed by atoms with Crippen molar-refractivity contribution in [2.24, 2.45) is 11.3 Å². The van der Waals surface area contributed by atoms with Gasteiger partial charge in [-0.05, 0) is 24.7 Å². The summed E-state index contributed by atoms with van der Waals surface area (Å²) in [6, 6.07) is -0.823. The standard InChI is InChI=1S/C13H21NO4/c1-18-7-4-10(12(16)17)14-11(15)9-8-13(9)5-2-3-6-13/h9-10H,2-8H2,1H3,(H,14,15)(H,16,17). The average Bonchev–Trinajstić information content (AvgIpc) is 2.82. The van der Waals surface area contributed by atoms with Gasteiger partial charge < -0.3 is 15.2 Å². The molecule has 0 saturated heterocycles. The van der Waals surface area contributed by atoms with E-state index in [2.05, 4.69) is 5.32 Å². The summed E-state index contributed by atoms with van der Waals surface area (Å²) in [6.07, 6.45) is 5.92. The minimum atomic E-state index is -0.985. The Morgan fingerprint density at radius 1 is 1.44 bits per heavy atom. The van der Waals surface area contributed by atoms with E-state index < -0.39 is 12.0 Å². The van der Waals surface area contributed by atoms with E-state index in [0.29, 0.717) is 13.0 Å². The monoisotopic (exact) mass is 255 g/mol. The molecule has 0 heterocycles. The number of aliphatic carboxylic acids is 1. The highest BCUT2D eigenvalue weighted by Crippen LogP contribution is 2.62. The molecule has 0 aromatic rings. The van der Waals surface area contributed by atoms with Crippen molar-refractivity contribution in [2.45, 2.75) is 44.6 Å². The van der Waals surface area contributed by atoms with Gasteiger partial charge in [0.15, 0.2) is 0 Å². The van der Waals surface area contributed by atoms with Crippen LogP contribution in [0.4, 0.5) is 0 Å². The van der Waals surface area contributed by atoms with Gasteiger partial charge in [0.1, 0.15) is 6.04 Å². The first-order valence-corrected chi connectivity index (χ1v) is 6.61. The molecule has 5 heteroatoms. The zero-order valence-corrected chi connectivity index (χ0v) is 10.8. The van der Waals surface area contributed by atoms with Crippen LogP contribution in [0.3, 0.4) is 0 Å². The lowest BCUT2D eigenvalue weighted by molar-refractivity contribution is -0.142. The second kappa shape index (κ2) is 5.26. The number of methoxy groups -OCH3 is 1. The lowest BCUT2D eigenvalue weighted by Crippen LogP contribution is -2.42. The first kappa shape index (κ1) is 13.3. The van der Waals surface area contributed by atoms with Crippen molar-refractivity contribution in [1.82, 2.24) is 5.32 Å². The van der Waals surface area contributed by atoms with Gasteiger partial charge in [0, 0.05) is 26.1 Å². The number of amides is 1. The second-order valence-corrected chi connectivity index (χ2v) is 5.51. The Labute approximate surface area is 107 Å². The Morgan fingerprint density at radius 3 is 2.67 bits per heavy atom. The predicted octanol–water partition coefficient (Wildman–Crippen LogP) is 1.17. The van der Waals surface area contributed by atoms with Crippen LogP contribution in [0.15, 0.2) is 0 Å². The number of rotatable bonds is 6. The van der Waals surface area contributed by atoms with Gasteiger partial charge in [0.2, 0.25) is 5.91 Å². The van der Waals surface area contributed by atoms with Gasteiger partial charge in [0.25, 0.3) is 0 Å². The molecule has 0 aromatic carbocycles. The molecule has 5 nitrogen and oxygen atoms in total. The maximum Gasteiger partial charge on any atom is 0.326 e. The van der Waals surface area contributed by atoms with E-state index in [1.54, 1.807) is 0 Å². The number of hydrogen-bond donors (Lipinski definition) is 2. The van der Waals surface area contributed by atoms with Crippen LogP contribution < -0.4 is 5.32 Å². The van der Waals surface area contributed by atoms with Crippen molar-refractivity contribution >= 4 is 11.9 Å². The minimum Gasteiger partial charge on any atom is -0.480 e. The van der Waals surface area contributed by atoms with Gasteiger partial charge >= 0.3 is 5.97 Å². The van der Waals surface area contributed by atoms with E-state index in [4.69, 9.17) is 9.84 Å². The average molecular weight is 255 g/mol. The molecule has 0 bridgehead atoms. The molecule has 2 aliphatic carbocycles. The fourth-order valence-corrected chi connectivity index (χ4v) is 3.12. The largest absolute Gasteiger partial charge is 0.480 e. The summed E-state index contributed by atoms with van der Waals surface area (Å²) in [5.41, 5.74) is 0.217. The molecule has 2 N–H and O–H groups in total. The van der Waals surface area contributed by atoms with Crippen molar-refractivity contribution in [2.75, 3.05) is 13.7 Å². The van der Waals surface area contributed by atoms with Crippen LogP contribution in [-0.4, -0.2) is 36.7 Å². The van der Waals surface area contributed by atoms with Crippen LogP contribution in [0, 0.1) is 11.3 Å². The fraction of sp³-hybridized carbons (Fsp3) is 0.846. The van der Waals surface area contributed by atoms with Crippen LogP contribution in [0.25, 0.3) is 0 Å². The summed E-state index contributed by atoms with van der Waals surface area (Å²) in [6.45, 7) is 0.340. The molecular formula is C13H21NO4. The predicted molar refractivity (Wildman–Crippen MR) is 65.1 cm³/mol. The number of nitrogens with one attached hydrogen (secondary N) is 1. The van der Waals surface area contributed by atoms with Crippen molar-refractivity contribution in [3.05, 3.63) is 0 Å². The van der Waals surface area contributed by atoms with Gasteiger partial charge in [-0.15, -0.1) is 0 Å². The smallest absolute Gasteiger partial charge is 0.326 e. The van der Waals surface area contributed by atoms with E-state index in [1.807, 2.05) is 0 Å². The third-order valence-corrected chi connectivity index (χ3v) is 4.33. The molecular weight excluding hydrogens is 234 g/mol. The summed E-state index contributed by atoms with van der Waals surface area (Å²) in [4.78, 5) is 23.1. The van der Waals surface area contributed by atoms with Gasteiger partial charge in [-0.1, -0.05) is 12.8 Å². The first-order chi connectivity index (χ1) is 8.59. The van der Waals surface area contributed by atoms with Crippen molar-refractivity contribution < 1.29 is 19.4 Å². The lowest BCUT2D eigenvalue weighted by Gasteiger charge is -2.15. The summed E-state index contributed by atoms with van der Waals surface area (Å²) in [5, 5.41) is 11.7. The number of carboxylic acids is 1. The quantitative estimate of drug-likeness (QED) is 0.747. The number of carbonyl (C=O) groups is 2. The van der Waals surface area contributed by atoms with Gasteiger partial charge in [-0.3, -0.25) is 4.79 Å². The van der Waals surface area contributed by atoms with Crippen LogP contribution in [0.5, 0.6) is 0 Å². The Bertz CT molecular complexity index is 336. The number of ether oxygens (including phenoxy) is 1. The van der Waals surface area contributed by atoms with Crippen LogP contribution in [-0.2, 0) is 14.3 Å². The Hall–Kier alpha value is -1.10. The minimum absolute atomic E-state index is 0.0457. The molecule has 18 heavy (non-hydrogen) atoms. The second-order valence-electron chi connectivity index (χ2n) is 5.51. The van der Waals surface area contributed by atoms with Crippen LogP contribution in [0.2, 0.25) is 0 Å². The van der Waals surface area contributed by atoms with E-state index in [9.17, 15) is 9.59 Å². The zero-order valence-electron chi connectivity index (χ0n) is 10.8. The highest BCUT2D eigenvalue weighted by atomic mass is 16.5. The molecule has 0 aromatic heterocycles. The number of carboxylic acid groups (broad SMARTS) is 1. The highest BCUT2D eigenvalue weighted by Gasteiger charge is 2.58. The molecule has 1 amide bonds. The zero-order chi connectivity index (χ0) is 13.2. The highest BCUT2D eigenvalue weighted by molar-refractivity contribution is 5.87. The molecule has 2 aliphatic rings. The third kappa shape index (κ3) is 2.66. The summed E-state index contributed by atoms with van der Waals surface area (Å²) >= 11 is 0. The molecule has 2 rings (SSSR count). The van der Waals surface area contributed by atoms with E-state index >= 15 is 0 Å². The molecule has 0 radical (unpaired) electrons.